The summed E-state index contributed by atoms with van der Waals surface area (Å²) in [5, 5.41) is 4.04. The number of nitrogens with zero attached hydrogens (tertiary/aromatic N) is 2. The van der Waals surface area contributed by atoms with Gasteiger partial charge in [-0.25, -0.2) is 10.2 Å². The number of carbonyl (C=O) groups is 2. The smallest absolute Gasteiger partial charge is 0.343 e. The van der Waals surface area contributed by atoms with Crippen molar-refractivity contribution in [2.24, 2.45) is 5.10 Å². The Hall–Kier alpha value is -4.45. The molecule has 0 fully saturated rings. The highest BCUT2D eigenvalue weighted by molar-refractivity contribution is 5.98. The van der Waals surface area contributed by atoms with E-state index in [-0.39, 0.29) is 5.91 Å². The van der Waals surface area contributed by atoms with Crippen molar-refractivity contribution >= 4 is 18.1 Å². The van der Waals surface area contributed by atoms with Gasteiger partial charge < -0.3 is 9.30 Å². The lowest BCUT2D eigenvalue weighted by molar-refractivity contribution is 0.0734. The number of hydrogen-bond donors (Lipinski definition) is 1. The second-order valence-corrected chi connectivity index (χ2v) is 6.63. The van der Waals surface area contributed by atoms with Crippen LogP contribution in [0.2, 0.25) is 0 Å². The molecule has 152 valence electrons. The first-order valence-electron chi connectivity index (χ1n) is 9.64. The molecule has 1 N–H and O–H groups in total. The van der Waals surface area contributed by atoms with Crippen LogP contribution in [0.5, 0.6) is 5.75 Å². The molecule has 0 aliphatic rings. The molecule has 0 aliphatic carbocycles. The Kier molecular flexibility index (Phi) is 6.00. The molecule has 0 radical (unpaired) electrons. The van der Waals surface area contributed by atoms with E-state index in [0.29, 0.717) is 16.9 Å². The Labute approximate surface area is 179 Å². The molecule has 31 heavy (non-hydrogen) atoms. The number of rotatable bonds is 6. The van der Waals surface area contributed by atoms with E-state index in [1.807, 2.05) is 47.3 Å². The van der Waals surface area contributed by atoms with Crippen LogP contribution in [0.4, 0.5) is 0 Å². The summed E-state index contributed by atoms with van der Waals surface area (Å²) in [6.07, 6.45) is 5.28. The Morgan fingerprint density at radius 1 is 0.806 bits per heavy atom. The lowest BCUT2D eigenvalue weighted by Crippen LogP contribution is -2.19. The number of hydrazone groups is 1. The highest BCUT2D eigenvalue weighted by atomic mass is 16.5. The zero-order valence-corrected chi connectivity index (χ0v) is 16.5. The lowest BCUT2D eigenvalue weighted by atomic mass is 10.1. The first-order chi connectivity index (χ1) is 15.2. The highest BCUT2D eigenvalue weighted by Crippen LogP contribution is 2.15. The average Bonchev–Trinajstić information content (AvgIpc) is 3.35. The first kappa shape index (κ1) is 19.8. The molecule has 0 bridgehead atoms. The molecule has 0 saturated carbocycles. The molecule has 1 amide bonds. The van der Waals surface area contributed by atoms with Crippen LogP contribution in [-0.2, 0) is 0 Å². The first-order valence-corrected chi connectivity index (χ1v) is 9.64. The number of esters is 1. The monoisotopic (exact) mass is 409 g/mol. The number of ether oxygens (including phenoxy) is 1. The van der Waals surface area contributed by atoms with Crippen molar-refractivity contribution < 1.29 is 14.3 Å². The minimum absolute atomic E-state index is 0.311. The topological polar surface area (TPSA) is 72.7 Å². The van der Waals surface area contributed by atoms with Crippen molar-refractivity contribution in [2.45, 2.75) is 0 Å². The second-order valence-electron chi connectivity index (χ2n) is 6.63. The summed E-state index contributed by atoms with van der Waals surface area (Å²) in [7, 11) is 0. The maximum atomic E-state index is 12.6. The molecule has 3 aromatic carbocycles. The summed E-state index contributed by atoms with van der Waals surface area (Å²) in [6.45, 7) is 0. The molecule has 4 aromatic rings. The Balaban J connectivity index is 1.38. The van der Waals surface area contributed by atoms with Gasteiger partial charge in [0.25, 0.3) is 5.91 Å². The molecule has 6 heteroatoms. The van der Waals surface area contributed by atoms with Gasteiger partial charge in [0, 0.05) is 12.4 Å². The summed E-state index contributed by atoms with van der Waals surface area (Å²) in [5.41, 5.74) is 5.06. The third kappa shape index (κ3) is 4.94. The zero-order valence-electron chi connectivity index (χ0n) is 16.5. The van der Waals surface area contributed by atoms with Gasteiger partial charge in [0.1, 0.15) is 5.75 Å². The number of aromatic nitrogens is 1. The van der Waals surface area contributed by atoms with Crippen LogP contribution in [0.25, 0.3) is 5.69 Å². The van der Waals surface area contributed by atoms with Crippen LogP contribution in [-0.4, -0.2) is 22.7 Å². The Morgan fingerprint density at radius 3 is 2.23 bits per heavy atom. The van der Waals surface area contributed by atoms with Gasteiger partial charge >= 0.3 is 5.97 Å². The molecule has 6 nitrogen and oxygen atoms in total. The van der Waals surface area contributed by atoms with E-state index < -0.39 is 5.97 Å². The van der Waals surface area contributed by atoms with Crippen LogP contribution in [0, 0.1) is 0 Å². The third-order valence-corrected chi connectivity index (χ3v) is 4.51. The van der Waals surface area contributed by atoms with Gasteiger partial charge in [-0.2, -0.15) is 5.10 Å². The van der Waals surface area contributed by atoms with Crippen LogP contribution in [0.3, 0.4) is 0 Å². The number of amides is 1. The SMILES string of the molecule is O=C(Oc1ccc(/C=N/NC(=O)c2ccccc2-n2cccc2)cc1)c1ccccc1. The average molecular weight is 409 g/mol. The van der Waals surface area contributed by atoms with E-state index in [1.54, 1.807) is 60.7 Å². The fraction of sp³-hybridized carbons (Fsp3) is 0. The van der Waals surface area contributed by atoms with Gasteiger partial charge in [-0.3, -0.25) is 4.79 Å². The number of para-hydroxylation sites is 1. The maximum absolute atomic E-state index is 12.6. The summed E-state index contributed by atoms with van der Waals surface area (Å²) < 4.78 is 7.22. The van der Waals surface area contributed by atoms with Crippen molar-refractivity contribution in [3.63, 3.8) is 0 Å². The fourth-order valence-electron chi connectivity index (χ4n) is 2.97. The van der Waals surface area contributed by atoms with Gasteiger partial charge in [0.15, 0.2) is 0 Å². The van der Waals surface area contributed by atoms with Crippen molar-refractivity contribution in [2.75, 3.05) is 0 Å². The molecule has 0 aliphatic heterocycles. The fourth-order valence-corrected chi connectivity index (χ4v) is 2.97. The molecule has 1 heterocycles. The summed E-state index contributed by atoms with van der Waals surface area (Å²) in [6, 6.07) is 26.7. The quantitative estimate of drug-likeness (QED) is 0.221. The van der Waals surface area contributed by atoms with E-state index >= 15 is 0 Å². The lowest BCUT2D eigenvalue weighted by Gasteiger charge is -2.09. The molecule has 0 saturated heterocycles. The zero-order chi connectivity index (χ0) is 21.5. The molecule has 4 rings (SSSR count). The molecular weight excluding hydrogens is 390 g/mol. The Bertz CT molecular complexity index is 1200. The summed E-state index contributed by atoms with van der Waals surface area (Å²) in [4.78, 5) is 24.7. The third-order valence-electron chi connectivity index (χ3n) is 4.51. The van der Waals surface area contributed by atoms with Crippen LogP contribution < -0.4 is 10.2 Å². The number of benzene rings is 3. The predicted octanol–water partition coefficient (Wildman–Crippen LogP) is 4.46. The molecule has 0 unspecified atom stereocenters. The van der Waals surface area contributed by atoms with E-state index in [1.165, 1.54) is 6.21 Å². The van der Waals surface area contributed by atoms with Crippen molar-refractivity contribution in [1.29, 1.82) is 0 Å². The highest BCUT2D eigenvalue weighted by Gasteiger charge is 2.11. The predicted molar refractivity (Wildman–Crippen MR) is 119 cm³/mol. The molecular formula is C25H19N3O3. The van der Waals surface area contributed by atoms with Crippen molar-refractivity contribution in [3.8, 4) is 11.4 Å². The van der Waals surface area contributed by atoms with E-state index in [0.717, 1.165) is 11.3 Å². The van der Waals surface area contributed by atoms with E-state index in [4.69, 9.17) is 4.74 Å². The van der Waals surface area contributed by atoms with Gasteiger partial charge in [-0.1, -0.05) is 30.3 Å². The standard InChI is InChI=1S/C25H19N3O3/c29-24(22-10-4-5-11-23(22)28-16-6-7-17-28)27-26-18-19-12-14-21(15-13-19)31-25(30)20-8-2-1-3-9-20/h1-18H,(H,27,29)/b26-18+. The molecule has 0 spiro atoms. The number of carbonyl (C=O) groups excluding carboxylic acids is 2. The van der Waals surface area contributed by atoms with Gasteiger partial charge in [0.2, 0.25) is 0 Å². The summed E-state index contributed by atoms with van der Waals surface area (Å²) in [5.74, 6) is -0.305. The minimum atomic E-state index is -0.421. The van der Waals surface area contributed by atoms with E-state index in [2.05, 4.69) is 10.5 Å². The van der Waals surface area contributed by atoms with Gasteiger partial charge in [-0.15, -0.1) is 0 Å². The van der Waals surface area contributed by atoms with Gasteiger partial charge in [0.05, 0.1) is 23.0 Å². The van der Waals surface area contributed by atoms with E-state index in [9.17, 15) is 9.59 Å². The van der Waals surface area contributed by atoms with Crippen LogP contribution in [0.1, 0.15) is 26.3 Å². The maximum Gasteiger partial charge on any atom is 0.343 e. The van der Waals surface area contributed by atoms with Crippen LogP contribution >= 0.6 is 0 Å². The van der Waals surface area contributed by atoms with Crippen molar-refractivity contribution in [3.05, 3.63) is 120 Å². The molecule has 1 aromatic heterocycles. The number of nitrogens with one attached hydrogen (secondary N) is 1. The molecule has 0 atom stereocenters. The normalized spacial score (nSPS) is 10.7. The minimum Gasteiger partial charge on any atom is -0.423 e. The van der Waals surface area contributed by atoms with Crippen LogP contribution in [0.15, 0.2) is 108 Å². The second kappa shape index (κ2) is 9.37. The largest absolute Gasteiger partial charge is 0.423 e. The van der Waals surface area contributed by atoms with Gasteiger partial charge in [-0.05, 0) is 66.2 Å². The summed E-state index contributed by atoms with van der Waals surface area (Å²) >= 11 is 0. The van der Waals surface area contributed by atoms with Crippen molar-refractivity contribution in [1.82, 2.24) is 9.99 Å². The Morgan fingerprint density at radius 2 is 1.48 bits per heavy atom. The number of hydrogen-bond acceptors (Lipinski definition) is 4.